The summed E-state index contributed by atoms with van der Waals surface area (Å²) in [4.78, 5) is 13.0. The fraction of sp³-hybridized carbons (Fsp3) is 0.417. The van der Waals surface area contributed by atoms with Gasteiger partial charge in [0, 0.05) is 14.1 Å². The van der Waals surface area contributed by atoms with Crippen LogP contribution in [-0.2, 0) is 14.6 Å². The number of hydrogen-bond acceptors (Lipinski definition) is 4. The third kappa shape index (κ3) is 2.48. The van der Waals surface area contributed by atoms with Gasteiger partial charge in [-0.1, -0.05) is 12.1 Å². The summed E-state index contributed by atoms with van der Waals surface area (Å²) in [5.74, 6) is -0.462. The number of anilines is 1. The lowest BCUT2D eigenvalue weighted by Crippen LogP contribution is -2.37. The third-order valence-corrected chi connectivity index (χ3v) is 4.95. The van der Waals surface area contributed by atoms with Crippen molar-refractivity contribution in [2.24, 2.45) is 0 Å². The Bertz CT molecular complexity index is 565. The first-order valence-electron chi connectivity index (χ1n) is 5.49. The quantitative estimate of drug-likeness (QED) is 0.825. The van der Waals surface area contributed by atoms with Gasteiger partial charge in [0.25, 0.3) is 0 Å². The van der Waals surface area contributed by atoms with E-state index in [0.717, 1.165) is 0 Å². The summed E-state index contributed by atoms with van der Waals surface area (Å²) in [5, 5.41) is -1.14. The lowest BCUT2D eigenvalue weighted by molar-refractivity contribution is -0.127. The minimum Gasteiger partial charge on any atom is -0.397 e. The Morgan fingerprint density at radius 2 is 1.89 bits per heavy atom. The first-order valence-corrected chi connectivity index (χ1v) is 7.04. The van der Waals surface area contributed by atoms with Crippen molar-refractivity contribution in [2.75, 3.05) is 19.8 Å². The molecule has 18 heavy (non-hydrogen) atoms. The molecule has 0 bridgehead atoms. The average Bonchev–Trinajstić information content (AvgIpc) is 2.30. The highest BCUT2D eigenvalue weighted by molar-refractivity contribution is 7.93. The monoisotopic (exact) mass is 270 g/mol. The Hall–Kier alpha value is -1.56. The Kier molecular flexibility index (Phi) is 4.01. The van der Waals surface area contributed by atoms with Gasteiger partial charge < -0.3 is 10.6 Å². The van der Waals surface area contributed by atoms with Crippen LogP contribution in [0.3, 0.4) is 0 Å². The zero-order valence-corrected chi connectivity index (χ0v) is 11.8. The molecule has 1 unspecified atom stereocenters. The number of hydrogen-bond donors (Lipinski definition) is 1. The predicted octanol–water partition coefficient (Wildman–Crippen LogP) is 0.828. The van der Waals surface area contributed by atoms with Crippen molar-refractivity contribution in [2.45, 2.75) is 24.0 Å². The predicted molar refractivity (Wildman–Crippen MR) is 70.9 cm³/mol. The molecule has 0 spiro atoms. The van der Waals surface area contributed by atoms with Crippen LogP contribution < -0.4 is 5.73 Å². The largest absolute Gasteiger partial charge is 0.397 e. The van der Waals surface area contributed by atoms with Gasteiger partial charge in [-0.15, -0.1) is 0 Å². The van der Waals surface area contributed by atoms with Gasteiger partial charge in [0.2, 0.25) is 5.91 Å². The van der Waals surface area contributed by atoms with Crippen molar-refractivity contribution in [3.63, 3.8) is 0 Å². The van der Waals surface area contributed by atoms with Crippen molar-refractivity contribution in [3.8, 4) is 0 Å². The van der Waals surface area contributed by atoms with Gasteiger partial charge in [-0.2, -0.15) is 0 Å². The molecule has 6 heteroatoms. The van der Waals surface area contributed by atoms with E-state index in [1.165, 1.54) is 32.0 Å². The highest BCUT2D eigenvalue weighted by Gasteiger charge is 2.32. The van der Waals surface area contributed by atoms with E-state index in [2.05, 4.69) is 0 Å². The molecule has 1 aromatic carbocycles. The van der Waals surface area contributed by atoms with Gasteiger partial charge in [0.1, 0.15) is 5.25 Å². The second kappa shape index (κ2) is 4.97. The van der Waals surface area contributed by atoms with Crippen LogP contribution >= 0.6 is 0 Å². The standard InChI is InChI=1S/C12H18N2O3S/c1-8-6-5-7-10(11(8)13)18(16,17)9(2)12(15)14(3)4/h5-7,9H,13H2,1-4H3. The number of carbonyl (C=O) groups is 1. The molecule has 0 saturated heterocycles. The van der Waals surface area contributed by atoms with E-state index >= 15 is 0 Å². The Balaban J connectivity index is 3.31. The van der Waals surface area contributed by atoms with Crippen LogP contribution in [0, 0.1) is 6.92 Å². The summed E-state index contributed by atoms with van der Waals surface area (Å²) in [6.45, 7) is 3.10. The van der Waals surface area contributed by atoms with Crippen molar-refractivity contribution >= 4 is 21.4 Å². The topological polar surface area (TPSA) is 80.5 Å². The number of para-hydroxylation sites is 1. The van der Waals surface area contributed by atoms with Crippen molar-refractivity contribution in [1.29, 1.82) is 0 Å². The molecule has 0 aromatic heterocycles. The molecule has 5 nitrogen and oxygen atoms in total. The minimum absolute atomic E-state index is 0.0187. The van der Waals surface area contributed by atoms with E-state index in [1.807, 2.05) is 0 Å². The van der Waals surface area contributed by atoms with Crippen molar-refractivity contribution in [1.82, 2.24) is 4.90 Å². The van der Waals surface area contributed by atoms with E-state index in [1.54, 1.807) is 19.1 Å². The Morgan fingerprint density at radius 3 is 2.39 bits per heavy atom. The molecule has 0 saturated carbocycles. The van der Waals surface area contributed by atoms with E-state index in [-0.39, 0.29) is 10.6 Å². The van der Waals surface area contributed by atoms with Crippen LogP contribution in [0.5, 0.6) is 0 Å². The Labute approximate surface area is 108 Å². The first kappa shape index (κ1) is 14.5. The molecule has 2 N–H and O–H groups in total. The number of sulfone groups is 1. The maximum atomic E-state index is 12.3. The van der Waals surface area contributed by atoms with Gasteiger partial charge in [-0.3, -0.25) is 4.79 Å². The van der Waals surface area contributed by atoms with Crippen molar-refractivity contribution in [3.05, 3.63) is 23.8 Å². The lowest BCUT2D eigenvalue weighted by atomic mass is 10.2. The Morgan fingerprint density at radius 1 is 1.33 bits per heavy atom. The lowest BCUT2D eigenvalue weighted by Gasteiger charge is -2.18. The van der Waals surface area contributed by atoms with Gasteiger partial charge in [-0.05, 0) is 25.5 Å². The first-order chi connectivity index (χ1) is 8.19. The molecular formula is C12H18N2O3S. The summed E-state index contributed by atoms with van der Waals surface area (Å²) in [6, 6.07) is 4.77. The molecule has 0 aliphatic rings. The molecule has 0 heterocycles. The summed E-state index contributed by atoms with van der Waals surface area (Å²) < 4.78 is 24.6. The van der Waals surface area contributed by atoms with Crippen LogP contribution in [0.25, 0.3) is 0 Å². The highest BCUT2D eigenvalue weighted by atomic mass is 32.2. The van der Waals surface area contributed by atoms with E-state index in [0.29, 0.717) is 5.56 Å². The maximum Gasteiger partial charge on any atom is 0.240 e. The fourth-order valence-corrected chi connectivity index (χ4v) is 3.18. The van der Waals surface area contributed by atoms with Gasteiger partial charge in [0.15, 0.2) is 9.84 Å². The second-order valence-electron chi connectivity index (χ2n) is 4.41. The van der Waals surface area contributed by atoms with Crippen LogP contribution in [-0.4, -0.2) is 38.6 Å². The smallest absolute Gasteiger partial charge is 0.240 e. The summed E-state index contributed by atoms with van der Waals surface area (Å²) in [6.07, 6.45) is 0. The number of nitrogen functional groups attached to an aromatic ring is 1. The maximum absolute atomic E-state index is 12.3. The number of amides is 1. The average molecular weight is 270 g/mol. The fourth-order valence-electron chi connectivity index (χ4n) is 1.59. The normalized spacial score (nSPS) is 13.1. The molecule has 0 aliphatic heterocycles. The highest BCUT2D eigenvalue weighted by Crippen LogP contribution is 2.25. The number of nitrogens with zero attached hydrogens (tertiary/aromatic N) is 1. The molecule has 0 radical (unpaired) electrons. The summed E-state index contributed by atoms with van der Waals surface area (Å²) >= 11 is 0. The second-order valence-corrected chi connectivity index (χ2v) is 6.64. The van der Waals surface area contributed by atoms with Crippen molar-refractivity contribution < 1.29 is 13.2 Å². The summed E-state index contributed by atoms with van der Waals surface area (Å²) in [7, 11) is -0.709. The zero-order chi connectivity index (χ0) is 14.1. The van der Waals surface area contributed by atoms with Gasteiger partial charge in [-0.25, -0.2) is 8.42 Å². The molecule has 0 aliphatic carbocycles. The number of nitrogens with two attached hydrogens (primary N) is 1. The number of benzene rings is 1. The molecule has 0 fully saturated rings. The molecule has 100 valence electrons. The summed E-state index contributed by atoms with van der Waals surface area (Å²) in [5.41, 5.74) is 6.66. The zero-order valence-electron chi connectivity index (χ0n) is 11.0. The van der Waals surface area contributed by atoms with E-state index in [9.17, 15) is 13.2 Å². The van der Waals surface area contributed by atoms with Crippen LogP contribution in [0.15, 0.2) is 23.1 Å². The van der Waals surface area contributed by atoms with Crippen LogP contribution in [0.2, 0.25) is 0 Å². The molecule has 1 rings (SSSR count). The molecule has 1 atom stereocenters. The van der Waals surface area contributed by atoms with Crippen LogP contribution in [0.4, 0.5) is 5.69 Å². The molecular weight excluding hydrogens is 252 g/mol. The van der Waals surface area contributed by atoms with Crippen LogP contribution in [0.1, 0.15) is 12.5 Å². The van der Waals surface area contributed by atoms with Gasteiger partial charge in [0.05, 0.1) is 10.6 Å². The molecule has 1 aromatic rings. The third-order valence-electron chi connectivity index (χ3n) is 2.84. The number of carbonyl (C=O) groups excluding carboxylic acids is 1. The van der Waals surface area contributed by atoms with E-state index in [4.69, 9.17) is 5.73 Å². The van der Waals surface area contributed by atoms with E-state index < -0.39 is 21.0 Å². The molecule has 1 amide bonds. The minimum atomic E-state index is -3.75. The number of rotatable bonds is 3. The number of aryl methyl sites for hydroxylation is 1. The SMILES string of the molecule is Cc1cccc(S(=O)(=O)C(C)C(=O)N(C)C)c1N. The van der Waals surface area contributed by atoms with Gasteiger partial charge >= 0.3 is 0 Å².